The Morgan fingerprint density at radius 1 is 1.17 bits per heavy atom. The second kappa shape index (κ2) is 6.77. The molecule has 3 heteroatoms. The third-order valence-electron chi connectivity index (χ3n) is 2.59. The van der Waals surface area contributed by atoms with Gasteiger partial charge in [-0.15, -0.1) is 0 Å². The molecule has 0 radical (unpaired) electrons. The third kappa shape index (κ3) is 3.86. The molecule has 0 aliphatic heterocycles. The molecular formula is C15H18N2O. The molecular weight excluding hydrogens is 224 g/mol. The molecule has 0 aliphatic carbocycles. The van der Waals surface area contributed by atoms with Crippen molar-refractivity contribution in [2.45, 2.75) is 20.1 Å². The van der Waals surface area contributed by atoms with Crippen LogP contribution >= 0.6 is 0 Å². The van der Waals surface area contributed by atoms with Crippen LogP contribution in [0.4, 0.5) is 0 Å². The summed E-state index contributed by atoms with van der Waals surface area (Å²) in [7, 11) is 0. The molecule has 0 saturated carbocycles. The van der Waals surface area contributed by atoms with E-state index in [0.29, 0.717) is 6.61 Å². The molecule has 0 bridgehead atoms. The van der Waals surface area contributed by atoms with Gasteiger partial charge in [-0.3, -0.25) is 4.98 Å². The van der Waals surface area contributed by atoms with E-state index in [-0.39, 0.29) is 0 Å². The number of rotatable bonds is 6. The highest BCUT2D eigenvalue weighted by Gasteiger charge is 1.98. The fourth-order valence-corrected chi connectivity index (χ4v) is 1.66. The number of nitrogens with one attached hydrogen (secondary N) is 1. The van der Waals surface area contributed by atoms with Gasteiger partial charge in [0.25, 0.3) is 0 Å². The Morgan fingerprint density at radius 3 is 2.89 bits per heavy atom. The molecule has 1 aromatic heterocycles. The average Bonchev–Trinajstić information content (AvgIpc) is 2.44. The van der Waals surface area contributed by atoms with Crippen LogP contribution in [0, 0.1) is 0 Å². The van der Waals surface area contributed by atoms with Gasteiger partial charge in [0.15, 0.2) is 0 Å². The van der Waals surface area contributed by atoms with Crippen molar-refractivity contribution in [3.05, 3.63) is 59.9 Å². The van der Waals surface area contributed by atoms with Crippen molar-refractivity contribution >= 4 is 0 Å². The minimum absolute atomic E-state index is 0.505. The summed E-state index contributed by atoms with van der Waals surface area (Å²) in [4.78, 5) is 4.23. The molecule has 18 heavy (non-hydrogen) atoms. The van der Waals surface area contributed by atoms with Gasteiger partial charge >= 0.3 is 0 Å². The van der Waals surface area contributed by atoms with Crippen molar-refractivity contribution in [2.75, 3.05) is 6.54 Å². The Morgan fingerprint density at radius 2 is 2.11 bits per heavy atom. The van der Waals surface area contributed by atoms with E-state index in [2.05, 4.69) is 29.4 Å². The first kappa shape index (κ1) is 12.6. The molecule has 0 aliphatic rings. The van der Waals surface area contributed by atoms with Crippen LogP contribution in [0.1, 0.15) is 18.2 Å². The molecule has 1 aromatic carbocycles. The van der Waals surface area contributed by atoms with Crippen LogP contribution in [0.15, 0.2) is 48.7 Å². The molecule has 0 amide bonds. The average molecular weight is 242 g/mol. The topological polar surface area (TPSA) is 34.1 Å². The molecule has 0 fully saturated rings. The zero-order valence-electron chi connectivity index (χ0n) is 10.6. The summed E-state index contributed by atoms with van der Waals surface area (Å²) < 4.78 is 5.72. The van der Waals surface area contributed by atoms with Crippen LogP contribution in [-0.2, 0) is 13.2 Å². The zero-order chi connectivity index (χ0) is 12.6. The Balaban J connectivity index is 1.93. The second-order valence-electron chi connectivity index (χ2n) is 4.04. The van der Waals surface area contributed by atoms with Gasteiger partial charge in [0.05, 0.1) is 5.69 Å². The Hall–Kier alpha value is -1.87. The lowest BCUT2D eigenvalue weighted by Gasteiger charge is -2.08. The van der Waals surface area contributed by atoms with Crippen molar-refractivity contribution in [2.24, 2.45) is 0 Å². The lowest BCUT2D eigenvalue weighted by atomic mass is 10.2. The lowest BCUT2D eigenvalue weighted by Crippen LogP contribution is -2.11. The van der Waals surface area contributed by atoms with E-state index >= 15 is 0 Å². The predicted octanol–water partition coefficient (Wildman–Crippen LogP) is 2.77. The van der Waals surface area contributed by atoms with E-state index in [1.807, 2.05) is 30.3 Å². The minimum atomic E-state index is 0.505. The molecule has 0 atom stereocenters. The molecule has 1 heterocycles. The number of aromatic nitrogens is 1. The number of pyridine rings is 1. The Labute approximate surface area is 108 Å². The first-order valence-corrected chi connectivity index (χ1v) is 6.21. The maximum Gasteiger partial charge on any atom is 0.130 e. The standard InChI is InChI=1S/C15H18N2O/c1-2-16-11-13-6-5-8-15(10-13)18-12-14-7-3-4-9-17-14/h3-10,16H,2,11-12H2,1H3. The Kier molecular flexibility index (Phi) is 4.73. The highest BCUT2D eigenvalue weighted by Crippen LogP contribution is 2.14. The van der Waals surface area contributed by atoms with E-state index in [1.54, 1.807) is 6.20 Å². The van der Waals surface area contributed by atoms with Gasteiger partial charge in [-0.1, -0.05) is 25.1 Å². The summed E-state index contributed by atoms with van der Waals surface area (Å²) >= 11 is 0. The van der Waals surface area contributed by atoms with E-state index < -0.39 is 0 Å². The molecule has 0 unspecified atom stereocenters. The quantitative estimate of drug-likeness (QED) is 0.845. The summed E-state index contributed by atoms with van der Waals surface area (Å²) in [5.41, 5.74) is 2.17. The summed E-state index contributed by atoms with van der Waals surface area (Å²) in [6.07, 6.45) is 1.78. The fourth-order valence-electron chi connectivity index (χ4n) is 1.66. The first-order valence-electron chi connectivity index (χ1n) is 6.21. The monoisotopic (exact) mass is 242 g/mol. The van der Waals surface area contributed by atoms with Gasteiger partial charge in [-0.05, 0) is 36.4 Å². The van der Waals surface area contributed by atoms with Crippen molar-refractivity contribution in [1.82, 2.24) is 10.3 Å². The smallest absolute Gasteiger partial charge is 0.130 e. The normalized spacial score (nSPS) is 10.3. The van der Waals surface area contributed by atoms with Crippen LogP contribution in [0.25, 0.3) is 0 Å². The van der Waals surface area contributed by atoms with Crippen LogP contribution in [0.3, 0.4) is 0 Å². The van der Waals surface area contributed by atoms with Crippen molar-refractivity contribution in [1.29, 1.82) is 0 Å². The van der Waals surface area contributed by atoms with E-state index in [0.717, 1.165) is 24.5 Å². The summed E-state index contributed by atoms with van der Waals surface area (Å²) in [6.45, 7) is 4.45. The van der Waals surface area contributed by atoms with Gasteiger partial charge in [0.1, 0.15) is 12.4 Å². The minimum Gasteiger partial charge on any atom is -0.487 e. The number of hydrogen-bond donors (Lipinski definition) is 1. The van der Waals surface area contributed by atoms with Crippen molar-refractivity contribution in [3.63, 3.8) is 0 Å². The fraction of sp³-hybridized carbons (Fsp3) is 0.267. The maximum atomic E-state index is 5.72. The van der Waals surface area contributed by atoms with Gasteiger partial charge in [0.2, 0.25) is 0 Å². The van der Waals surface area contributed by atoms with Crippen LogP contribution in [0.5, 0.6) is 5.75 Å². The Bertz CT molecular complexity index is 471. The first-order chi connectivity index (χ1) is 8.88. The van der Waals surface area contributed by atoms with Crippen LogP contribution in [-0.4, -0.2) is 11.5 Å². The summed E-state index contributed by atoms with van der Waals surface area (Å²) in [5.74, 6) is 0.885. The molecule has 0 saturated heterocycles. The van der Waals surface area contributed by atoms with E-state index in [4.69, 9.17) is 4.74 Å². The van der Waals surface area contributed by atoms with Gasteiger partial charge in [0, 0.05) is 12.7 Å². The van der Waals surface area contributed by atoms with Gasteiger partial charge in [-0.25, -0.2) is 0 Å². The van der Waals surface area contributed by atoms with Gasteiger partial charge < -0.3 is 10.1 Å². The van der Waals surface area contributed by atoms with Crippen LogP contribution in [0.2, 0.25) is 0 Å². The highest BCUT2D eigenvalue weighted by molar-refractivity contribution is 5.28. The van der Waals surface area contributed by atoms with E-state index in [1.165, 1.54) is 5.56 Å². The predicted molar refractivity (Wildman–Crippen MR) is 72.4 cm³/mol. The molecule has 0 spiro atoms. The zero-order valence-corrected chi connectivity index (χ0v) is 10.6. The van der Waals surface area contributed by atoms with Crippen molar-refractivity contribution < 1.29 is 4.74 Å². The third-order valence-corrected chi connectivity index (χ3v) is 2.59. The molecule has 1 N–H and O–H groups in total. The van der Waals surface area contributed by atoms with Crippen molar-refractivity contribution in [3.8, 4) is 5.75 Å². The molecule has 94 valence electrons. The second-order valence-corrected chi connectivity index (χ2v) is 4.04. The SMILES string of the molecule is CCNCc1cccc(OCc2ccccn2)c1. The summed E-state index contributed by atoms with van der Waals surface area (Å²) in [5, 5.41) is 3.30. The molecule has 2 aromatic rings. The maximum absolute atomic E-state index is 5.72. The molecule has 3 nitrogen and oxygen atoms in total. The van der Waals surface area contributed by atoms with Crippen LogP contribution < -0.4 is 10.1 Å². The van der Waals surface area contributed by atoms with E-state index in [9.17, 15) is 0 Å². The lowest BCUT2D eigenvalue weighted by molar-refractivity contribution is 0.301. The summed E-state index contributed by atoms with van der Waals surface area (Å²) in [6, 6.07) is 14.0. The highest BCUT2D eigenvalue weighted by atomic mass is 16.5. The van der Waals surface area contributed by atoms with Gasteiger partial charge in [-0.2, -0.15) is 0 Å². The molecule has 2 rings (SSSR count). The number of benzene rings is 1. The number of hydrogen-bond acceptors (Lipinski definition) is 3. The number of ether oxygens (including phenoxy) is 1. The number of nitrogens with zero attached hydrogens (tertiary/aromatic N) is 1. The largest absolute Gasteiger partial charge is 0.487 e.